The molecule has 0 fully saturated rings. The van der Waals surface area contributed by atoms with Crippen molar-refractivity contribution in [2.45, 2.75) is 19.1 Å². The zero-order valence-electron chi connectivity index (χ0n) is 41.7. The maximum atomic E-state index is 9.47. The number of para-hydroxylation sites is 3. The van der Waals surface area contributed by atoms with Crippen LogP contribution in [0.3, 0.4) is 0 Å². The molecule has 2 heteroatoms. The molecule has 0 saturated carbocycles. The second-order valence-corrected chi connectivity index (χ2v) is 10.5. The first-order chi connectivity index (χ1) is 29.5. The molecular weight excluding hydrogens is 532 g/mol. The third-order valence-electron chi connectivity index (χ3n) is 8.20. The zero-order chi connectivity index (χ0) is 45.7. The van der Waals surface area contributed by atoms with Crippen molar-refractivity contribution >= 4 is 32.6 Å². The van der Waals surface area contributed by atoms with Crippen molar-refractivity contribution in [3.05, 3.63) is 156 Å². The van der Waals surface area contributed by atoms with Crippen molar-refractivity contribution in [3.8, 4) is 39.3 Å². The molecule has 0 N–H and O–H groups in total. The van der Waals surface area contributed by atoms with Gasteiger partial charge < -0.3 is 0 Å². The van der Waals surface area contributed by atoms with E-state index < -0.39 is 103 Å². The van der Waals surface area contributed by atoms with Gasteiger partial charge in [0.2, 0.25) is 0 Å². The topological polar surface area (TPSA) is 17.8 Å². The minimum absolute atomic E-state index is 0.0117. The molecule has 9 rings (SSSR count). The molecule has 208 valence electrons. The lowest BCUT2D eigenvalue weighted by Gasteiger charge is -2.23. The zero-order valence-corrected chi connectivity index (χ0v) is 22.7. The van der Waals surface area contributed by atoms with Crippen LogP contribution in [-0.2, 0) is 5.41 Å². The number of aromatic nitrogens is 2. The van der Waals surface area contributed by atoms with Gasteiger partial charge in [-0.3, -0.25) is 4.57 Å². The Balaban J connectivity index is 1.56. The molecule has 0 bridgehead atoms. The van der Waals surface area contributed by atoms with Gasteiger partial charge in [0, 0.05) is 24.9 Å². The fourth-order valence-electron chi connectivity index (χ4n) is 6.35. The van der Waals surface area contributed by atoms with Crippen molar-refractivity contribution in [2.75, 3.05) is 0 Å². The predicted octanol–water partition coefficient (Wildman–Crippen LogP) is 11.0. The van der Waals surface area contributed by atoms with E-state index in [0.29, 0.717) is 5.56 Å². The highest BCUT2D eigenvalue weighted by atomic mass is 15.1. The van der Waals surface area contributed by atoms with E-state index in [-0.39, 0.29) is 71.8 Å². The maximum Gasteiger partial charge on any atom is 0.146 e. The van der Waals surface area contributed by atoms with Crippen molar-refractivity contribution in [1.29, 1.82) is 0 Å². The minimum atomic E-state index is -3.19. The van der Waals surface area contributed by atoms with E-state index in [1.165, 1.54) is 34.9 Å². The van der Waals surface area contributed by atoms with Crippen LogP contribution in [0, 0.1) is 0 Å². The summed E-state index contributed by atoms with van der Waals surface area (Å²) in [5.74, 6) is -0.292. The predicted molar refractivity (Wildman–Crippen MR) is 185 cm³/mol. The number of fused-ring (bicyclic) bond motifs is 6. The largest absolute Gasteiger partial charge is 0.292 e. The number of hydrogen-bond donors (Lipinski definition) is 0. The molecule has 0 radical (unpaired) electrons. The number of hydrogen-bond acceptors (Lipinski definition) is 1. The number of rotatable bonds is 3. The molecule has 0 atom stereocenters. The Morgan fingerprint density at radius 3 is 1.95 bits per heavy atom. The van der Waals surface area contributed by atoms with Crippen molar-refractivity contribution < 1.29 is 26.0 Å². The van der Waals surface area contributed by atoms with Gasteiger partial charge in [-0.1, -0.05) is 129 Å². The molecule has 0 saturated heterocycles. The molecule has 7 aromatic carbocycles. The maximum absolute atomic E-state index is 9.47. The molecule has 0 spiro atoms. The van der Waals surface area contributed by atoms with Gasteiger partial charge in [0.05, 0.1) is 28.9 Å². The summed E-state index contributed by atoms with van der Waals surface area (Å²) in [6.45, 7) is -6.39. The summed E-state index contributed by atoms with van der Waals surface area (Å²) in [4.78, 5) is 4.81. The summed E-state index contributed by atoms with van der Waals surface area (Å²) in [5.41, 5.74) is -2.70. The molecule has 0 aliphatic heterocycles. The molecular formula is C42H30N2. The van der Waals surface area contributed by atoms with Gasteiger partial charge in [0.1, 0.15) is 5.82 Å². The van der Waals surface area contributed by atoms with Gasteiger partial charge in [-0.05, 0) is 85.2 Å². The van der Waals surface area contributed by atoms with Crippen LogP contribution in [0.4, 0.5) is 0 Å². The summed E-state index contributed by atoms with van der Waals surface area (Å²) in [5, 5.41) is -1.28. The summed E-state index contributed by atoms with van der Waals surface area (Å²) >= 11 is 0. The van der Waals surface area contributed by atoms with E-state index in [9.17, 15) is 5.48 Å². The van der Waals surface area contributed by atoms with Gasteiger partial charge in [-0.25, -0.2) is 4.98 Å². The number of imidazole rings is 1. The Hall–Kier alpha value is -5.47. The van der Waals surface area contributed by atoms with Crippen LogP contribution in [0.5, 0.6) is 0 Å². The smallest absolute Gasteiger partial charge is 0.146 e. The Kier molecular flexibility index (Phi) is 2.66. The minimum Gasteiger partial charge on any atom is -0.292 e. The third-order valence-corrected chi connectivity index (χ3v) is 8.20. The van der Waals surface area contributed by atoms with Gasteiger partial charge in [-0.15, -0.1) is 0 Å². The summed E-state index contributed by atoms with van der Waals surface area (Å²) in [6, 6.07) is 7.63. The first-order valence-electron chi connectivity index (χ1n) is 23.3. The molecule has 8 aromatic rings. The van der Waals surface area contributed by atoms with Crippen LogP contribution in [0.1, 0.15) is 50.9 Å². The normalized spacial score (nSPS) is 20.1. The lowest BCUT2D eigenvalue weighted by Crippen LogP contribution is -2.14. The Morgan fingerprint density at radius 2 is 1.23 bits per heavy atom. The van der Waals surface area contributed by atoms with E-state index in [1.807, 2.05) is 0 Å². The summed E-state index contributed by atoms with van der Waals surface area (Å²) in [7, 11) is 0. The van der Waals surface area contributed by atoms with E-state index in [1.54, 1.807) is 36.4 Å². The van der Waals surface area contributed by atoms with Gasteiger partial charge in [-0.2, -0.15) is 0 Å². The van der Waals surface area contributed by atoms with Crippen LogP contribution >= 0.6 is 0 Å². The first kappa shape index (κ1) is 12.6. The quantitative estimate of drug-likeness (QED) is 0.190. The Bertz CT molecular complexity index is 3240. The third kappa shape index (κ3) is 3.46. The van der Waals surface area contributed by atoms with Crippen LogP contribution < -0.4 is 0 Å². The second-order valence-electron chi connectivity index (χ2n) is 10.5. The van der Waals surface area contributed by atoms with E-state index in [4.69, 9.17) is 25.5 Å². The molecule has 2 nitrogen and oxygen atoms in total. The van der Waals surface area contributed by atoms with Crippen LogP contribution in [0.25, 0.3) is 71.9 Å². The average Bonchev–Trinajstić information content (AvgIpc) is 3.77. The van der Waals surface area contributed by atoms with Gasteiger partial charge in [0.25, 0.3) is 0 Å². The van der Waals surface area contributed by atoms with Crippen LogP contribution in [0.2, 0.25) is 0 Å². The monoisotopic (exact) mass is 581 g/mol. The second kappa shape index (κ2) is 9.26. The SMILES string of the molecule is [2H]c1c([2H])c([2H])c(-n2c(-c3c4c([2H])c([2H])c([2H])c([2H])c4c(-c4ccc5c(c4)C(C([2H])([2H])[2H])(C([2H])([2H])[2H])c4ccccc4-5)c4c([2H])c([2H])c([2H])c([2H])c34)nc3ccccc32)c([2H])c1[2H]. The molecule has 1 aromatic heterocycles. The molecule has 1 aliphatic carbocycles. The number of benzene rings is 7. The van der Waals surface area contributed by atoms with Crippen molar-refractivity contribution in [3.63, 3.8) is 0 Å². The highest BCUT2D eigenvalue weighted by Crippen LogP contribution is 2.51. The Labute approximate surface area is 283 Å². The lowest BCUT2D eigenvalue weighted by atomic mass is 9.80. The summed E-state index contributed by atoms with van der Waals surface area (Å²) < 4.78 is 171. The van der Waals surface area contributed by atoms with Crippen molar-refractivity contribution in [2.24, 2.45) is 0 Å². The lowest BCUT2D eigenvalue weighted by molar-refractivity contribution is 0.660. The number of nitrogens with zero attached hydrogens (tertiary/aromatic N) is 2. The van der Waals surface area contributed by atoms with Gasteiger partial charge in [0.15, 0.2) is 0 Å². The molecule has 0 amide bonds. The first-order valence-corrected chi connectivity index (χ1v) is 13.8. The molecule has 1 heterocycles. The summed E-state index contributed by atoms with van der Waals surface area (Å²) in [6.07, 6.45) is 0. The highest BCUT2D eigenvalue weighted by molar-refractivity contribution is 6.21. The van der Waals surface area contributed by atoms with E-state index in [2.05, 4.69) is 0 Å². The fourth-order valence-corrected chi connectivity index (χ4v) is 6.35. The Morgan fingerprint density at radius 1 is 0.614 bits per heavy atom. The fraction of sp³-hybridized carbons (Fsp3) is 0.0714. The van der Waals surface area contributed by atoms with Gasteiger partial charge >= 0.3 is 0 Å². The van der Waals surface area contributed by atoms with E-state index >= 15 is 0 Å². The molecule has 1 aliphatic rings. The average molecular weight is 582 g/mol. The molecule has 0 unspecified atom stereocenters. The van der Waals surface area contributed by atoms with E-state index in [0.717, 1.165) is 0 Å². The highest BCUT2D eigenvalue weighted by Gasteiger charge is 2.35. The van der Waals surface area contributed by atoms with Crippen molar-refractivity contribution in [1.82, 2.24) is 9.55 Å². The van der Waals surface area contributed by atoms with Crippen LogP contribution in [0.15, 0.2) is 145 Å². The van der Waals surface area contributed by atoms with Crippen LogP contribution in [-0.4, -0.2) is 9.55 Å². The molecule has 44 heavy (non-hydrogen) atoms. The standard InChI is InChI=1S/C42H30N2/c1-42(2)35-21-11-10-16-29(35)30-25-24-27(26-36(30)42)39-31-17-6-8-19-33(31)40(34-20-9-7-18-32(34)39)41-43-37-22-12-13-23-38(37)44(41)28-14-4-3-5-15-28/h3-26H,1-2H3/i1D3,2D3,3D,4D,5D,6D,7D,8D,9D,14D,15D,17D,18D,19D,20D.